The Labute approximate surface area is 119 Å². The van der Waals surface area contributed by atoms with Crippen LogP contribution in [0.4, 0.5) is 5.82 Å². The Hall–Kier alpha value is -0.870. The lowest BCUT2D eigenvalue weighted by atomic mass is 9.83. The van der Waals surface area contributed by atoms with E-state index in [0.29, 0.717) is 16.9 Å². The maximum Gasteiger partial charge on any atom is 0.134 e. The molecule has 19 heavy (non-hydrogen) atoms. The van der Waals surface area contributed by atoms with Gasteiger partial charge in [-0.2, -0.15) is 0 Å². The van der Waals surface area contributed by atoms with Crippen LogP contribution in [-0.2, 0) is 0 Å². The number of hydrogen-bond acceptors (Lipinski definition) is 4. The third kappa shape index (κ3) is 4.62. The van der Waals surface area contributed by atoms with Gasteiger partial charge in [0.25, 0.3) is 0 Å². The van der Waals surface area contributed by atoms with Gasteiger partial charge in [-0.15, -0.1) is 0 Å². The van der Waals surface area contributed by atoms with E-state index in [0.717, 1.165) is 31.6 Å². The van der Waals surface area contributed by atoms with Crippen LogP contribution in [-0.4, -0.2) is 27.7 Å². The SMILES string of the molecule is Cc1nc(Cl)cc(NCCCC2CCCCC2O)n1. The van der Waals surface area contributed by atoms with E-state index in [4.69, 9.17) is 11.6 Å². The van der Waals surface area contributed by atoms with Crippen molar-refractivity contribution in [2.45, 2.75) is 51.6 Å². The molecule has 1 saturated carbocycles. The smallest absolute Gasteiger partial charge is 0.134 e. The first kappa shape index (κ1) is 14.5. The minimum absolute atomic E-state index is 0.0931. The number of hydrogen-bond donors (Lipinski definition) is 2. The lowest BCUT2D eigenvalue weighted by molar-refractivity contribution is 0.0648. The Bertz CT molecular complexity index is 393. The van der Waals surface area contributed by atoms with Crippen LogP contribution >= 0.6 is 11.6 Å². The van der Waals surface area contributed by atoms with E-state index in [1.165, 1.54) is 19.3 Å². The van der Waals surface area contributed by atoms with Crippen molar-refractivity contribution >= 4 is 17.4 Å². The van der Waals surface area contributed by atoms with Gasteiger partial charge in [0.2, 0.25) is 0 Å². The van der Waals surface area contributed by atoms with E-state index in [-0.39, 0.29) is 6.10 Å². The molecular formula is C14H22ClN3O. The minimum atomic E-state index is -0.0931. The molecule has 0 aromatic carbocycles. The normalized spacial score (nSPS) is 23.3. The molecular weight excluding hydrogens is 262 g/mol. The Balaban J connectivity index is 1.71. The van der Waals surface area contributed by atoms with Crippen molar-refractivity contribution in [1.29, 1.82) is 0 Å². The first-order valence-electron chi connectivity index (χ1n) is 7.08. The highest BCUT2D eigenvalue weighted by Gasteiger charge is 2.22. The van der Waals surface area contributed by atoms with Crippen LogP contribution in [0.25, 0.3) is 0 Å². The standard InChI is InChI=1S/C14H22ClN3O/c1-10-17-13(15)9-14(18-10)16-8-4-6-11-5-2-3-7-12(11)19/h9,11-12,19H,2-8H2,1H3,(H,16,17,18). The van der Waals surface area contributed by atoms with Crippen molar-refractivity contribution in [1.82, 2.24) is 9.97 Å². The van der Waals surface area contributed by atoms with Crippen LogP contribution in [0, 0.1) is 12.8 Å². The number of aryl methyl sites for hydroxylation is 1. The molecule has 0 amide bonds. The quantitative estimate of drug-likeness (QED) is 0.644. The zero-order chi connectivity index (χ0) is 13.7. The summed E-state index contributed by atoms with van der Waals surface area (Å²) in [6.07, 6.45) is 6.60. The maximum absolute atomic E-state index is 9.90. The van der Waals surface area contributed by atoms with Gasteiger partial charge in [-0.05, 0) is 38.5 Å². The largest absolute Gasteiger partial charge is 0.393 e. The number of aromatic nitrogens is 2. The topological polar surface area (TPSA) is 58.0 Å². The minimum Gasteiger partial charge on any atom is -0.393 e. The van der Waals surface area contributed by atoms with Crippen LogP contribution in [0.3, 0.4) is 0 Å². The lowest BCUT2D eigenvalue weighted by Gasteiger charge is -2.27. The van der Waals surface area contributed by atoms with Gasteiger partial charge < -0.3 is 10.4 Å². The van der Waals surface area contributed by atoms with Gasteiger partial charge in [0.05, 0.1) is 6.10 Å². The third-order valence-electron chi connectivity index (χ3n) is 3.73. The molecule has 1 heterocycles. The van der Waals surface area contributed by atoms with Gasteiger partial charge in [0.1, 0.15) is 16.8 Å². The molecule has 1 aromatic rings. The number of rotatable bonds is 5. The molecule has 0 spiro atoms. The van der Waals surface area contributed by atoms with Crippen LogP contribution in [0.2, 0.25) is 5.15 Å². The number of halogens is 1. The van der Waals surface area contributed by atoms with Gasteiger partial charge >= 0.3 is 0 Å². The molecule has 2 atom stereocenters. The fourth-order valence-electron chi connectivity index (χ4n) is 2.73. The van der Waals surface area contributed by atoms with E-state index in [1.54, 1.807) is 6.07 Å². The molecule has 1 fully saturated rings. The number of nitrogens with one attached hydrogen (secondary N) is 1. The number of aliphatic hydroxyl groups excluding tert-OH is 1. The summed E-state index contributed by atoms with van der Waals surface area (Å²) in [4.78, 5) is 8.30. The first-order valence-corrected chi connectivity index (χ1v) is 7.46. The molecule has 5 heteroatoms. The van der Waals surface area contributed by atoms with Crippen molar-refractivity contribution in [2.24, 2.45) is 5.92 Å². The highest BCUT2D eigenvalue weighted by molar-refractivity contribution is 6.29. The van der Waals surface area contributed by atoms with E-state index in [1.807, 2.05) is 6.92 Å². The van der Waals surface area contributed by atoms with Crippen LogP contribution < -0.4 is 5.32 Å². The summed E-state index contributed by atoms with van der Waals surface area (Å²) >= 11 is 5.88. The molecule has 0 saturated heterocycles. The molecule has 0 radical (unpaired) electrons. The molecule has 2 rings (SSSR count). The van der Waals surface area contributed by atoms with E-state index in [9.17, 15) is 5.11 Å². The monoisotopic (exact) mass is 283 g/mol. The molecule has 0 bridgehead atoms. The predicted molar refractivity (Wildman–Crippen MR) is 77.5 cm³/mol. The van der Waals surface area contributed by atoms with Crippen molar-refractivity contribution in [2.75, 3.05) is 11.9 Å². The first-order chi connectivity index (χ1) is 9.15. The molecule has 106 valence electrons. The molecule has 1 aliphatic carbocycles. The maximum atomic E-state index is 9.90. The zero-order valence-corrected chi connectivity index (χ0v) is 12.2. The summed E-state index contributed by atoms with van der Waals surface area (Å²) in [5.41, 5.74) is 0. The van der Waals surface area contributed by atoms with Crippen molar-refractivity contribution in [3.63, 3.8) is 0 Å². The molecule has 0 aliphatic heterocycles. The van der Waals surface area contributed by atoms with Gasteiger partial charge in [-0.1, -0.05) is 24.4 Å². The summed E-state index contributed by atoms with van der Waals surface area (Å²) in [5, 5.41) is 13.6. The fraction of sp³-hybridized carbons (Fsp3) is 0.714. The molecule has 4 nitrogen and oxygen atoms in total. The zero-order valence-electron chi connectivity index (χ0n) is 11.4. The molecule has 2 unspecified atom stereocenters. The van der Waals surface area contributed by atoms with Gasteiger partial charge in [-0.25, -0.2) is 9.97 Å². The van der Waals surface area contributed by atoms with E-state index in [2.05, 4.69) is 15.3 Å². The molecule has 2 N–H and O–H groups in total. The summed E-state index contributed by atoms with van der Waals surface area (Å²) in [6.45, 7) is 2.69. The number of anilines is 1. The highest BCUT2D eigenvalue weighted by atomic mass is 35.5. The van der Waals surface area contributed by atoms with Crippen molar-refractivity contribution < 1.29 is 5.11 Å². The molecule has 1 aliphatic rings. The lowest BCUT2D eigenvalue weighted by Crippen LogP contribution is -2.24. The van der Waals surface area contributed by atoms with Crippen LogP contribution in [0.5, 0.6) is 0 Å². The van der Waals surface area contributed by atoms with E-state index >= 15 is 0 Å². The Morgan fingerprint density at radius 3 is 2.89 bits per heavy atom. The second-order valence-electron chi connectivity index (χ2n) is 5.30. The Kier molecular flexibility index (Phi) is 5.40. The van der Waals surface area contributed by atoms with Crippen molar-refractivity contribution in [3.8, 4) is 0 Å². The predicted octanol–water partition coefficient (Wildman–Crippen LogP) is 3.18. The van der Waals surface area contributed by atoms with Gasteiger partial charge in [0.15, 0.2) is 0 Å². The summed E-state index contributed by atoms with van der Waals surface area (Å²) in [6, 6.07) is 1.74. The third-order valence-corrected chi connectivity index (χ3v) is 3.93. The second-order valence-corrected chi connectivity index (χ2v) is 5.69. The van der Waals surface area contributed by atoms with Gasteiger partial charge in [0, 0.05) is 12.6 Å². The summed E-state index contributed by atoms with van der Waals surface area (Å²) in [7, 11) is 0. The van der Waals surface area contributed by atoms with Crippen molar-refractivity contribution in [3.05, 3.63) is 17.0 Å². The Morgan fingerprint density at radius 2 is 2.16 bits per heavy atom. The number of nitrogens with zero attached hydrogens (tertiary/aromatic N) is 2. The number of aliphatic hydroxyl groups is 1. The van der Waals surface area contributed by atoms with Crippen LogP contribution in [0.15, 0.2) is 6.07 Å². The summed E-state index contributed by atoms with van der Waals surface area (Å²) in [5.74, 6) is 1.94. The van der Waals surface area contributed by atoms with Gasteiger partial charge in [-0.3, -0.25) is 0 Å². The highest BCUT2D eigenvalue weighted by Crippen LogP contribution is 2.27. The average molecular weight is 284 g/mol. The van der Waals surface area contributed by atoms with Crippen LogP contribution in [0.1, 0.15) is 44.3 Å². The Morgan fingerprint density at radius 1 is 1.37 bits per heavy atom. The second kappa shape index (κ2) is 7.06. The van der Waals surface area contributed by atoms with E-state index < -0.39 is 0 Å². The summed E-state index contributed by atoms with van der Waals surface area (Å²) < 4.78 is 0. The molecule has 1 aromatic heterocycles. The fourth-order valence-corrected chi connectivity index (χ4v) is 2.95. The average Bonchev–Trinajstić information content (AvgIpc) is 2.35.